The van der Waals surface area contributed by atoms with Crippen LogP contribution in [-0.4, -0.2) is 5.16 Å². The zero-order valence-corrected chi connectivity index (χ0v) is 11.5. The molecule has 2 unspecified atom stereocenters. The molecule has 0 saturated heterocycles. The molecule has 0 spiro atoms. The van der Waals surface area contributed by atoms with Gasteiger partial charge in [0.05, 0.1) is 10.6 Å². The van der Waals surface area contributed by atoms with Crippen molar-refractivity contribution in [2.24, 2.45) is 11.8 Å². The van der Waals surface area contributed by atoms with Crippen molar-refractivity contribution in [1.82, 2.24) is 5.16 Å². The van der Waals surface area contributed by atoms with Crippen LogP contribution in [-0.2, 0) is 0 Å². The van der Waals surface area contributed by atoms with Crippen molar-refractivity contribution in [3.63, 3.8) is 0 Å². The van der Waals surface area contributed by atoms with Crippen molar-refractivity contribution < 1.29 is 8.91 Å². The molecule has 2 atom stereocenters. The molecule has 0 bridgehead atoms. The van der Waals surface area contributed by atoms with Gasteiger partial charge in [-0.2, -0.15) is 0 Å². The molecule has 20 heavy (non-hydrogen) atoms. The van der Waals surface area contributed by atoms with Gasteiger partial charge in [-0.05, 0) is 43.2 Å². The monoisotopic (exact) mass is 292 g/mol. The predicted molar refractivity (Wildman–Crippen MR) is 74.9 cm³/mol. The first-order chi connectivity index (χ1) is 9.65. The van der Waals surface area contributed by atoms with Crippen molar-refractivity contribution in [2.45, 2.75) is 25.2 Å². The number of nitrogens with two attached hydrogens (primary N) is 1. The minimum atomic E-state index is -0.392. The molecular formula is C15H14ClFN2O. The molecule has 104 valence electrons. The molecule has 1 aromatic carbocycles. The minimum Gasteiger partial charge on any atom is -0.380 e. The van der Waals surface area contributed by atoms with Crippen LogP contribution < -0.4 is 5.73 Å². The largest absolute Gasteiger partial charge is 0.380 e. The van der Waals surface area contributed by atoms with Gasteiger partial charge in [0.1, 0.15) is 11.6 Å². The van der Waals surface area contributed by atoms with Gasteiger partial charge in [0.25, 0.3) is 0 Å². The molecule has 2 saturated carbocycles. The summed E-state index contributed by atoms with van der Waals surface area (Å²) in [6.45, 7) is 0. The lowest BCUT2D eigenvalue weighted by molar-refractivity contribution is 0.356. The number of hydrogen-bond acceptors (Lipinski definition) is 3. The molecule has 0 aliphatic heterocycles. The third-order valence-corrected chi connectivity index (χ3v) is 4.89. The van der Waals surface area contributed by atoms with Crippen LogP contribution in [0.3, 0.4) is 0 Å². The smallest absolute Gasteiger partial charge is 0.175 e. The Bertz CT molecular complexity index is 654. The third-order valence-electron chi connectivity index (χ3n) is 4.57. The quantitative estimate of drug-likeness (QED) is 0.901. The van der Waals surface area contributed by atoms with E-state index in [0.29, 0.717) is 21.9 Å². The zero-order chi connectivity index (χ0) is 13.9. The van der Waals surface area contributed by atoms with Crippen LogP contribution in [0.1, 0.15) is 30.9 Å². The third kappa shape index (κ3) is 1.74. The van der Waals surface area contributed by atoms with E-state index in [4.69, 9.17) is 21.9 Å². The highest BCUT2D eigenvalue weighted by Gasteiger charge is 2.48. The first-order valence-electron chi connectivity index (χ1n) is 6.84. The lowest BCUT2D eigenvalue weighted by atomic mass is 9.93. The maximum atomic E-state index is 14.1. The number of anilines is 1. The molecule has 0 amide bonds. The predicted octanol–water partition coefficient (Wildman–Crippen LogP) is 4.23. The first kappa shape index (κ1) is 12.2. The minimum absolute atomic E-state index is 0.215. The Morgan fingerprint density at radius 3 is 2.65 bits per heavy atom. The van der Waals surface area contributed by atoms with Crippen LogP contribution in [0.5, 0.6) is 0 Å². The van der Waals surface area contributed by atoms with E-state index in [0.717, 1.165) is 24.7 Å². The SMILES string of the molecule is Nc1noc(C2CC3CC3C2)c1-c1c(F)cccc1Cl. The molecule has 0 radical (unpaired) electrons. The van der Waals surface area contributed by atoms with Crippen molar-refractivity contribution in [1.29, 1.82) is 0 Å². The number of hydrogen-bond donors (Lipinski definition) is 1. The van der Waals surface area contributed by atoms with Gasteiger partial charge in [0.2, 0.25) is 0 Å². The number of aromatic nitrogens is 1. The van der Waals surface area contributed by atoms with E-state index >= 15 is 0 Å². The van der Waals surface area contributed by atoms with E-state index in [1.807, 2.05) is 0 Å². The normalized spacial score (nSPS) is 27.6. The molecular weight excluding hydrogens is 279 g/mol. The van der Waals surface area contributed by atoms with Crippen LogP contribution in [0.2, 0.25) is 5.02 Å². The highest BCUT2D eigenvalue weighted by Crippen LogP contribution is 2.59. The van der Waals surface area contributed by atoms with Crippen molar-refractivity contribution in [3.8, 4) is 11.1 Å². The van der Waals surface area contributed by atoms with Gasteiger partial charge >= 0.3 is 0 Å². The van der Waals surface area contributed by atoms with Crippen molar-refractivity contribution in [2.75, 3.05) is 5.73 Å². The molecule has 2 aliphatic carbocycles. The van der Waals surface area contributed by atoms with Crippen LogP contribution in [0.4, 0.5) is 10.2 Å². The van der Waals surface area contributed by atoms with Crippen molar-refractivity contribution >= 4 is 17.4 Å². The second kappa shape index (κ2) is 4.22. The van der Waals surface area contributed by atoms with Gasteiger partial charge in [-0.25, -0.2) is 4.39 Å². The summed E-state index contributed by atoms with van der Waals surface area (Å²) in [5, 5.41) is 4.17. The summed E-state index contributed by atoms with van der Waals surface area (Å²) in [6, 6.07) is 4.61. The molecule has 1 heterocycles. The lowest BCUT2D eigenvalue weighted by Crippen LogP contribution is -1.99. The van der Waals surface area contributed by atoms with Gasteiger partial charge in [-0.15, -0.1) is 0 Å². The lowest BCUT2D eigenvalue weighted by Gasteiger charge is -2.11. The summed E-state index contributed by atoms with van der Waals surface area (Å²) in [7, 11) is 0. The molecule has 1 aromatic heterocycles. The van der Waals surface area contributed by atoms with Crippen LogP contribution in [0.15, 0.2) is 22.7 Å². The number of benzene rings is 1. The van der Waals surface area contributed by atoms with Crippen LogP contribution in [0.25, 0.3) is 11.1 Å². The maximum absolute atomic E-state index is 14.1. The Hall–Kier alpha value is -1.55. The number of nitrogens with zero attached hydrogens (tertiary/aromatic N) is 1. The highest BCUT2D eigenvalue weighted by atomic mass is 35.5. The summed E-state index contributed by atoms with van der Waals surface area (Å²) in [4.78, 5) is 0. The van der Waals surface area contributed by atoms with E-state index in [9.17, 15) is 4.39 Å². The fourth-order valence-corrected chi connectivity index (χ4v) is 3.77. The van der Waals surface area contributed by atoms with Gasteiger partial charge < -0.3 is 10.3 Å². The molecule has 4 rings (SSSR count). The molecule has 2 fully saturated rings. The summed E-state index contributed by atoms with van der Waals surface area (Å²) >= 11 is 6.14. The van der Waals surface area contributed by atoms with Gasteiger partial charge in [-0.1, -0.05) is 22.8 Å². The second-order valence-electron chi connectivity index (χ2n) is 5.83. The Labute approximate surface area is 120 Å². The summed E-state index contributed by atoms with van der Waals surface area (Å²) in [6.07, 6.45) is 3.48. The van der Waals surface area contributed by atoms with Gasteiger partial charge in [-0.3, -0.25) is 0 Å². The van der Waals surface area contributed by atoms with E-state index in [1.165, 1.54) is 12.5 Å². The van der Waals surface area contributed by atoms with E-state index in [1.54, 1.807) is 12.1 Å². The average Bonchev–Trinajstić information content (AvgIpc) is 2.84. The molecule has 2 aliphatic rings. The summed E-state index contributed by atoms with van der Waals surface area (Å²) in [5.74, 6) is 2.41. The highest BCUT2D eigenvalue weighted by molar-refractivity contribution is 6.33. The van der Waals surface area contributed by atoms with Crippen LogP contribution in [0, 0.1) is 17.7 Å². The Morgan fingerprint density at radius 1 is 1.20 bits per heavy atom. The summed E-state index contributed by atoms with van der Waals surface area (Å²) < 4.78 is 19.5. The summed E-state index contributed by atoms with van der Waals surface area (Å²) in [5.41, 5.74) is 6.74. The Morgan fingerprint density at radius 2 is 1.95 bits per heavy atom. The molecule has 2 N–H and O–H groups in total. The second-order valence-corrected chi connectivity index (χ2v) is 6.24. The first-order valence-corrected chi connectivity index (χ1v) is 7.22. The molecule has 5 heteroatoms. The van der Waals surface area contributed by atoms with E-state index < -0.39 is 5.82 Å². The number of nitrogen functional groups attached to an aromatic ring is 1. The van der Waals surface area contributed by atoms with Crippen molar-refractivity contribution in [3.05, 3.63) is 34.8 Å². The fourth-order valence-electron chi connectivity index (χ4n) is 3.51. The number of rotatable bonds is 2. The Balaban J connectivity index is 1.83. The zero-order valence-electron chi connectivity index (χ0n) is 10.8. The van der Waals surface area contributed by atoms with Crippen LogP contribution >= 0.6 is 11.6 Å². The molecule has 3 nitrogen and oxygen atoms in total. The van der Waals surface area contributed by atoms with E-state index in [-0.39, 0.29) is 11.7 Å². The molecule has 2 aromatic rings. The number of halogens is 2. The van der Waals surface area contributed by atoms with Gasteiger partial charge in [0, 0.05) is 11.5 Å². The van der Waals surface area contributed by atoms with E-state index in [2.05, 4.69) is 5.16 Å². The maximum Gasteiger partial charge on any atom is 0.175 e. The average molecular weight is 293 g/mol. The Kier molecular flexibility index (Phi) is 2.58. The van der Waals surface area contributed by atoms with Gasteiger partial charge in [0.15, 0.2) is 5.82 Å². The number of fused-ring (bicyclic) bond motifs is 1. The fraction of sp³-hybridized carbons (Fsp3) is 0.400. The standard InChI is InChI=1S/C15H14ClFN2O/c16-10-2-1-3-11(17)12(10)13-14(20-19-15(13)18)9-5-7-4-8(7)6-9/h1-3,7-9H,4-6H2,(H2,18,19). The topological polar surface area (TPSA) is 52.0 Å².